The molecule has 0 atom stereocenters. The van der Waals surface area contributed by atoms with Gasteiger partial charge in [0, 0.05) is 56.2 Å². The zero-order valence-corrected chi connectivity index (χ0v) is 14.9. The molecule has 0 spiro atoms. The first kappa shape index (κ1) is 16.7. The monoisotopic (exact) mass is 350 g/mol. The maximum Gasteiger partial charge on any atom is 0.232 e. The number of benzene rings is 1. The molecule has 4 rings (SSSR count). The average Bonchev–Trinajstić information content (AvgIpc) is 2.96. The molecule has 0 aliphatic carbocycles. The van der Waals surface area contributed by atoms with Gasteiger partial charge in [-0.05, 0) is 18.2 Å². The van der Waals surface area contributed by atoms with Crippen LogP contribution in [0.4, 0.5) is 11.5 Å². The number of Topliss-reactive ketones (excluding diaryl/α,β-unsaturated/α-hetero) is 1. The van der Waals surface area contributed by atoms with Crippen LogP contribution in [0, 0.1) is 0 Å². The van der Waals surface area contributed by atoms with Gasteiger partial charge < -0.3 is 4.90 Å². The average molecular weight is 350 g/mol. The Labute approximate surface area is 153 Å². The van der Waals surface area contributed by atoms with Gasteiger partial charge in [-0.25, -0.2) is 4.98 Å². The van der Waals surface area contributed by atoms with Crippen molar-refractivity contribution in [1.29, 1.82) is 0 Å². The van der Waals surface area contributed by atoms with Crippen molar-refractivity contribution in [2.45, 2.75) is 6.42 Å². The predicted octanol–water partition coefficient (Wildman–Crippen LogP) is 1.61. The molecule has 0 saturated carbocycles. The second kappa shape index (κ2) is 6.88. The Morgan fingerprint density at radius 1 is 1.12 bits per heavy atom. The minimum atomic E-state index is 0.0223. The van der Waals surface area contributed by atoms with Gasteiger partial charge in [-0.15, -0.1) is 0 Å². The van der Waals surface area contributed by atoms with Gasteiger partial charge in [0.05, 0.1) is 13.0 Å². The van der Waals surface area contributed by atoms with E-state index in [0.29, 0.717) is 24.3 Å². The number of rotatable bonds is 4. The van der Waals surface area contributed by atoms with E-state index in [0.717, 1.165) is 31.7 Å². The molecule has 2 aliphatic heterocycles. The first-order chi connectivity index (χ1) is 12.6. The fraction of sp³-hybridized carbons (Fsp3) is 0.350. The standard InChI is InChI=1S/C20H22N4O2/c1-22-19(26)12-15-11-16(13-21-20(15)22)18(25)14-23-7-9-24(10-8-23)17-5-3-2-4-6-17/h2-6,11,13H,7-10,12,14H2,1H3. The molecular formula is C20H22N4O2. The molecule has 1 aromatic heterocycles. The highest BCUT2D eigenvalue weighted by Gasteiger charge is 2.27. The molecule has 0 radical (unpaired) electrons. The lowest BCUT2D eigenvalue weighted by atomic mass is 10.1. The van der Waals surface area contributed by atoms with E-state index < -0.39 is 0 Å². The van der Waals surface area contributed by atoms with Crippen LogP contribution < -0.4 is 9.80 Å². The number of para-hydroxylation sites is 1. The number of amides is 1. The molecular weight excluding hydrogens is 328 g/mol. The molecule has 2 aromatic rings. The van der Waals surface area contributed by atoms with Crippen LogP contribution in [0.3, 0.4) is 0 Å². The predicted molar refractivity (Wildman–Crippen MR) is 101 cm³/mol. The number of hydrogen-bond donors (Lipinski definition) is 0. The van der Waals surface area contributed by atoms with E-state index in [2.05, 4.69) is 26.9 Å². The lowest BCUT2D eigenvalue weighted by Crippen LogP contribution is -2.48. The van der Waals surface area contributed by atoms with Gasteiger partial charge in [0.2, 0.25) is 5.91 Å². The Morgan fingerprint density at radius 2 is 1.85 bits per heavy atom. The Bertz CT molecular complexity index is 829. The largest absolute Gasteiger partial charge is 0.369 e. The van der Waals surface area contributed by atoms with Crippen molar-refractivity contribution in [1.82, 2.24) is 9.88 Å². The highest BCUT2D eigenvalue weighted by molar-refractivity contribution is 6.02. The van der Waals surface area contributed by atoms with Crippen LogP contribution in [-0.2, 0) is 11.2 Å². The number of carbonyl (C=O) groups is 2. The van der Waals surface area contributed by atoms with E-state index in [-0.39, 0.29) is 11.7 Å². The summed E-state index contributed by atoms with van der Waals surface area (Å²) in [6.07, 6.45) is 1.92. The third kappa shape index (κ3) is 3.20. The summed E-state index contributed by atoms with van der Waals surface area (Å²) in [4.78, 5) is 34.8. The minimum Gasteiger partial charge on any atom is -0.369 e. The Hall–Kier alpha value is -2.73. The molecule has 3 heterocycles. The molecule has 1 fully saturated rings. The van der Waals surface area contributed by atoms with E-state index in [1.54, 1.807) is 18.1 Å². The number of nitrogens with zero attached hydrogens (tertiary/aromatic N) is 4. The number of ketones is 1. The summed E-state index contributed by atoms with van der Waals surface area (Å²) in [6.45, 7) is 3.95. The summed E-state index contributed by atoms with van der Waals surface area (Å²) in [5.74, 6) is 0.757. The van der Waals surface area contributed by atoms with Gasteiger partial charge in [-0.1, -0.05) is 18.2 Å². The maximum atomic E-state index is 12.6. The second-order valence-corrected chi connectivity index (χ2v) is 6.86. The van der Waals surface area contributed by atoms with Crippen molar-refractivity contribution in [2.24, 2.45) is 0 Å². The van der Waals surface area contributed by atoms with Gasteiger partial charge in [0.15, 0.2) is 5.78 Å². The summed E-state index contributed by atoms with van der Waals surface area (Å²) >= 11 is 0. The maximum absolute atomic E-state index is 12.6. The topological polar surface area (TPSA) is 56.8 Å². The normalized spacial score (nSPS) is 17.5. The van der Waals surface area contributed by atoms with Gasteiger partial charge in [-0.3, -0.25) is 19.4 Å². The number of piperazine rings is 1. The Kier molecular flexibility index (Phi) is 4.42. The second-order valence-electron chi connectivity index (χ2n) is 6.86. The molecule has 0 unspecified atom stereocenters. The molecule has 0 bridgehead atoms. The lowest BCUT2D eigenvalue weighted by Gasteiger charge is -2.35. The molecule has 2 aliphatic rings. The number of hydrogen-bond acceptors (Lipinski definition) is 5. The molecule has 134 valence electrons. The van der Waals surface area contributed by atoms with Crippen molar-refractivity contribution in [3.05, 3.63) is 53.7 Å². The molecule has 1 amide bonds. The highest BCUT2D eigenvalue weighted by atomic mass is 16.2. The third-order valence-corrected chi connectivity index (χ3v) is 5.16. The number of fused-ring (bicyclic) bond motifs is 1. The highest BCUT2D eigenvalue weighted by Crippen LogP contribution is 2.25. The van der Waals surface area contributed by atoms with Crippen LogP contribution in [0.5, 0.6) is 0 Å². The Morgan fingerprint density at radius 3 is 2.58 bits per heavy atom. The summed E-state index contributed by atoms with van der Waals surface area (Å²) in [5.41, 5.74) is 2.67. The van der Waals surface area contributed by atoms with Gasteiger partial charge in [0.1, 0.15) is 5.82 Å². The van der Waals surface area contributed by atoms with Crippen molar-refractivity contribution < 1.29 is 9.59 Å². The van der Waals surface area contributed by atoms with E-state index >= 15 is 0 Å². The molecule has 6 nitrogen and oxygen atoms in total. The van der Waals surface area contributed by atoms with Crippen molar-refractivity contribution in [2.75, 3.05) is 49.6 Å². The fourth-order valence-corrected chi connectivity index (χ4v) is 3.58. The molecule has 0 N–H and O–H groups in total. The van der Waals surface area contributed by atoms with Crippen LogP contribution in [-0.4, -0.2) is 61.3 Å². The number of aromatic nitrogens is 1. The molecule has 6 heteroatoms. The number of pyridine rings is 1. The molecule has 1 saturated heterocycles. The molecule has 26 heavy (non-hydrogen) atoms. The quantitative estimate of drug-likeness (QED) is 0.784. The summed E-state index contributed by atoms with van der Waals surface area (Å²) < 4.78 is 0. The van der Waals surface area contributed by atoms with E-state index in [1.807, 2.05) is 24.3 Å². The third-order valence-electron chi connectivity index (χ3n) is 5.16. The smallest absolute Gasteiger partial charge is 0.232 e. The zero-order chi connectivity index (χ0) is 18.1. The SMILES string of the molecule is CN1C(=O)Cc2cc(C(=O)CN3CCN(c4ccccc4)CC3)cnc21. The van der Waals surface area contributed by atoms with E-state index in [4.69, 9.17) is 0 Å². The molecule has 1 aromatic carbocycles. The Balaban J connectivity index is 1.36. The van der Waals surface area contributed by atoms with Crippen molar-refractivity contribution in [3.63, 3.8) is 0 Å². The fourth-order valence-electron chi connectivity index (χ4n) is 3.58. The van der Waals surface area contributed by atoms with Crippen LogP contribution in [0.2, 0.25) is 0 Å². The van der Waals surface area contributed by atoms with Crippen LogP contribution in [0.1, 0.15) is 15.9 Å². The van der Waals surface area contributed by atoms with Crippen LogP contribution in [0.15, 0.2) is 42.6 Å². The van der Waals surface area contributed by atoms with Gasteiger partial charge >= 0.3 is 0 Å². The van der Waals surface area contributed by atoms with Gasteiger partial charge in [0.25, 0.3) is 0 Å². The summed E-state index contributed by atoms with van der Waals surface area (Å²) in [6, 6.07) is 12.2. The lowest BCUT2D eigenvalue weighted by molar-refractivity contribution is -0.117. The van der Waals surface area contributed by atoms with E-state index in [9.17, 15) is 9.59 Å². The van der Waals surface area contributed by atoms with Crippen LogP contribution in [0.25, 0.3) is 0 Å². The number of likely N-dealkylation sites (N-methyl/N-ethyl adjacent to an activating group) is 1. The number of carbonyl (C=O) groups excluding carboxylic acids is 2. The van der Waals surface area contributed by atoms with Crippen molar-refractivity contribution >= 4 is 23.2 Å². The summed E-state index contributed by atoms with van der Waals surface area (Å²) in [7, 11) is 1.72. The first-order valence-electron chi connectivity index (χ1n) is 8.93. The van der Waals surface area contributed by atoms with E-state index in [1.165, 1.54) is 5.69 Å². The summed E-state index contributed by atoms with van der Waals surface area (Å²) in [5, 5.41) is 0. The van der Waals surface area contributed by atoms with Crippen LogP contribution >= 0.6 is 0 Å². The minimum absolute atomic E-state index is 0.0223. The zero-order valence-electron chi connectivity index (χ0n) is 14.9. The van der Waals surface area contributed by atoms with Crippen molar-refractivity contribution in [3.8, 4) is 0 Å². The van der Waals surface area contributed by atoms with Gasteiger partial charge in [-0.2, -0.15) is 0 Å². The number of anilines is 2. The first-order valence-corrected chi connectivity index (χ1v) is 8.93.